The van der Waals surface area contributed by atoms with Gasteiger partial charge in [0.05, 0.1) is 11.6 Å². The average molecular weight is 217 g/mol. The van der Waals surface area contributed by atoms with Crippen molar-refractivity contribution in [2.24, 2.45) is 0 Å². The summed E-state index contributed by atoms with van der Waals surface area (Å²) in [5.74, 6) is -5.61. The van der Waals surface area contributed by atoms with Crippen molar-refractivity contribution < 1.29 is 17.6 Å². The molecule has 1 aromatic carbocycles. The molecule has 1 nitrogen and oxygen atoms in total. The largest absolute Gasteiger partial charge is 0.277 e. The van der Waals surface area contributed by atoms with Crippen LogP contribution < -0.4 is 0 Å². The van der Waals surface area contributed by atoms with Gasteiger partial charge in [-0.15, -0.1) is 0 Å². The highest BCUT2D eigenvalue weighted by Gasteiger charge is 2.34. The van der Waals surface area contributed by atoms with Gasteiger partial charge < -0.3 is 0 Å². The lowest BCUT2D eigenvalue weighted by molar-refractivity contribution is -0.0156. The van der Waals surface area contributed by atoms with Gasteiger partial charge in [-0.2, -0.15) is 5.26 Å². The number of hydrogen-bond acceptors (Lipinski definition) is 1. The summed E-state index contributed by atoms with van der Waals surface area (Å²) < 4.78 is 52.0. The molecule has 0 saturated heterocycles. The molecule has 5 heteroatoms. The Kier molecular flexibility index (Phi) is 3.30. The summed E-state index contributed by atoms with van der Waals surface area (Å²) in [5.41, 5.74) is -1.00. The fourth-order valence-electron chi connectivity index (χ4n) is 1.13. The van der Waals surface area contributed by atoms with Gasteiger partial charge >= 0.3 is 0 Å². The third-order valence-electron chi connectivity index (χ3n) is 1.87. The molecule has 0 bridgehead atoms. The number of halogens is 4. The molecule has 0 N–H and O–H groups in total. The van der Waals surface area contributed by atoms with E-state index in [1.165, 1.54) is 6.07 Å². The van der Waals surface area contributed by atoms with E-state index in [9.17, 15) is 17.6 Å². The van der Waals surface area contributed by atoms with Crippen LogP contribution in [-0.2, 0) is 5.92 Å². The Hall–Kier alpha value is -1.57. The first-order valence-corrected chi connectivity index (χ1v) is 4.17. The van der Waals surface area contributed by atoms with Gasteiger partial charge in [-0.25, -0.2) is 17.6 Å². The molecule has 1 rings (SSSR count). The van der Waals surface area contributed by atoms with Crippen LogP contribution in [0.1, 0.15) is 18.4 Å². The van der Waals surface area contributed by atoms with E-state index in [2.05, 4.69) is 0 Å². The van der Waals surface area contributed by atoms with Crippen molar-refractivity contribution in [2.45, 2.75) is 18.8 Å². The standard InChI is InChI=1S/C10H7F4N/c11-7-2-3-9(12)8(6-7)10(13,14)4-1-5-15/h2-3,6H,1,4H2. The van der Waals surface area contributed by atoms with Crippen molar-refractivity contribution in [1.29, 1.82) is 5.26 Å². The molecule has 0 radical (unpaired) electrons. The second-order valence-electron chi connectivity index (χ2n) is 2.99. The van der Waals surface area contributed by atoms with Crippen LogP contribution in [0.2, 0.25) is 0 Å². The number of rotatable bonds is 3. The molecule has 0 aliphatic heterocycles. The second-order valence-corrected chi connectivity index (χ2v) is 2.99. The lowest BCUT2D eigenvalue weighted by atomic mass is 10.0. The van der Waals surface area contributed by atoms with Gasteiger partial charge in [0.1, 0.15) is 11.6 Å². The number of nitriles is 1. The van der Waals surface area contributed by atoms with Crippen molar-refractivity contribution in [3.8, 4) is 6.07 Å². The molecular formula is C10H7F4N. The van der Waals surface area contributed by atoms with Gasteiger partial charge in [-0.1, -0.05) is 0 Å². The van der Waals surface area contributed by atoms with E-state index < -0.39 is 36.0 Å². The van der Waals surface area contributed by atoms with Crippen LogP contribution >= 0.6 is 0 Å². The van der Waals surface area contributed by atoms with E-state index in [-0.39, 0.29) is 0 Å². The summed E-state index contributed by atoms with van der Waals surface area (Å²) in [6.07, 6.45) is -1.23. The zero-order valence-electron chi connectivity index (χ0n) is 7.61. The summed E-state index contributed by atoms with van der Waals surface area (Å²) in [5, 5.41) is 8.15. The maximum absolute atomic E-state index is 13.2. The predicted octanol–water partition coefficient (Wildman–Crippen LogP) is 3.36. The zero-order chi connectivity index (χ0) is 11.5. The van der Waals surface area contributed by atoms with Crippen LogP contribution in [0.15, 0.2) is 18.2 Å². The lowest BCUT2D eigenvalue weighted by Gasteiger charge is -2.15. The molecule has 0 amide bonds. The van der Waals surface area contributed by atoms with Gasteiger partial charge in [0.25, 0.3) is 5.92 Å². The van der Waals surface area contributed by atoms with Crippen molar-refractivity contribution in [1.82, 2.24) is 0 Å². The molecule has 0 fully saturated rings. The molecule has 0 aromatic heterocycles. The third kappa shape index (κ3) is 2.69. The van der Waals surface area contributed by atoms with Gasteiger partial charge in [0.2, 0.25) is 0 Å². The summed E-state index contributed by atoms with van der Waals surface area (Å²) >= 11 is 0. The van der Waals surface area contributed by atoms with Crippen molar-refractivity contribution in [3.05, 3.63) is 35.4 Å². The maximum Gasteiger partial charge on any atom is 0.277 e. The van der Waals surface area contributed by atoms with E-state index in [4.69, 9.17) is 5.26 Å². The summed E-state index contributed by atoms with van der Waals surface area (Å²) in [6, 6.07) is 3.39. The number of alkyl halides is 2. The second kappa shape index (κ2) is 4.30. The topological polar surface area (TPSA) is 23.8 Å². The molecule has 15 heavy (non-hydrogen) atoms. The SMILES string of the molecule is N#CCCC(F)(F)c1cc(F)ccc1F. The van der Waals surface area contributed by atoms with Gasteiger partial charge in [-0.3, -0.25) is 0 Å². The molecule has 0 spiro atoms. The highest BCUT2D eigenvalue weighted by Crippen LogP contribution is 2.34. The average Bonchev–Trinajstić information content (AvgIpc) is 2.18. The highest BCUT2D eigenvalue weighted by atomic mass is 19.3. The molecule has 1 aromatic rings. The van der Waals surface area contributed by atoms with Crippen LogP contribution in [0.4, 0.5) is 17.6 Å². The van der Waals surface area contributed by atoms with Crippen LogP contribution in [0.3, 0.4) is 0 Å². The molecule has 0 aliphatic carbocycles. The smallest absolute Gasteiger partial charge is 0.207 e. The summed E-state index contributed by atoms with van der Waals surface area (Å²) in [6.45, 7) is 0. The van der Waals surface area contributed by atoms with E-state index >= 15 is 0 Å². The van der Waals surface area contributed by atoms with Crippen molar-refractivity contribution in [3.63, 3.8) is 0 Å². The Bertz CT molecular complexity index is 395. The highest BCUT2D eigenvalue weighted by molar-refractivity contribution is 5.23. The molecule has 0 heterocycles. The number of nitrogens with zero attached hydrogens (tertiary/aromatic N) is 1. The Morgan fingerprint density at radius 2 is 1.93 bits per heavy atom. The van der Waals surface area contributed by atoms with Gasteiger partial charge in [0, 0.05) is 12.8 Å². The van der Waals surface area contributed by atoms with E-state index in [1.54, 1.807) is 0 Å². The van der Waals surface area contributed by atoms with E-state index in [0.717, 1.165) is 6.07 Å². The Morgan fingerprint density at radius 3 is 2.53 bits per heavy atom. The minimum absolute atomic E-state index is 0.414. The Labute approximate surface area is 83.9 Å². The molecule has 0 aliphatic rings. The van der Waals surface area contributed by atoms with Crippen LogP contribution in [0.25, 0.3) is 0 Å². The molecule has 0 saturated carbocycles. The third-order valence-corrected chi connectivity index (χ3v) is 1.87. The van der Waals surface area contributed by atoms with Crippen LogP contribution in [-0.4, -0.2) is 0 Å². The fourth-order valence-corrected chi connectivity index (χ4v) is 1.13. The first-order valence-electron chi connectivity index (χ1n) is 4.17. The van der Waals surface area contributed by atoms with Crippen molar-refractivity contribution in [2.75, 3.05) is 0 Å². The first kappa shape index (κ1) is 11.5. The monoisotopic (exact) mass is 217 g/mol. The first-order chi connectivity index (χ1) is 6.97. The quantitative estimate of drug-likeness (QED) is 0.712. The molecule has 80 valence electrons. The predicted molar refractivity (Wildman–Crippen MR) is 45.1 cm³/mol. The Morgan fingerprint density at radius 1 is 1.27 bits per heavy atom. The minimum atomic E-state index is -3.51. The van der Waals surface area contributed by atoms with Gasteiger partial charge in [-0.05, 0) is 18.2 Å². The Balaban J connectivity index is 3.03. The normalized spacial score (nSPS) is 11.1. The molecule has 0 atom stereocenters. The number of benzene rings is 1. The summed E-state index contributed by atoms with van der Waals surface area (Å²) in [7, 11) is 0. The number of hydrogen-bond donors (Lipinski definition) is 0. The maximum atomic E-state index is 13.2. The molecule has 0 unspecified atom stereocenters. The van der Waals surface area contributed by atoms with Gasteiger partial charge in [0.15, 0.2) is 0 Å². The zero-order valence-corrected chi connectivity index (χ0v) is 7.61. The van der Waals surface area contributed by atoms with Crippen molar-refractivity contribution >= 4 is 0 Å². The van der Waals surface area contributed by atoms with Crippen LogP contribution in [0, 0.1) is 23.0 Å². The minimum Gasteiger partial charge on any atom is -0.207 e. The lowest BCUT2D eigenvalue weighted by Crippen LogP contribution is -2.15. The fraction of sp³-hybridized carbons (Fsp3) is 0.300. The summed E-state index contributed by atoms with van der Waals surface area (Å²) in [4.78, 5) is 0. The van der Waals surface area contributed by atoms with E-state index in [0.29, 0.717) is 12.1 Å². The van der Waals surface area contributed by atoms with E-state index in [1.807, 2.05) is 0 Å². The molecular weight excluding hydrogens is 210 g/mol. The van der Waals surface area contributed by atoms with Crippen LogP contribution in [0.5, 0.6) is 0 Å².